The first-order chi connectivity index (χ1) is 19.1. The van der Waals surface area contributed by atoms with E-state index in [1.807, 2.05) is 33.8 Å². The lowest BCUT2D eigenvalue weighted by atomic mass is 10.2. The maximum absolute atomic E-state index is 13.9. The second kappa shape index (κ2) is 12.0. The molecule has 212 valence electrons. The van der Waals surface area contributed by atoms with Crippen LogP contribution in [0, 0.1) is 13.8 Å². The quantitative estimate of drug-likeness (QED) is 0.282. The Kier molecular flexibility index (Phi) is 8.64. The molecule has 1 N–H and O–H groups in total. The number of sulfonamides is 1. The van der Waals surface area contributed by atoms with Crippen molar-refractivity contribution in [2.24, 2.45) is 0 Å². The van der Waals surface area contributed by atoms with Crippen LogP contribution in [0.2, 0.25) is 0 Å². The van der Waals surface area contributed by atoms with Gasteiger partial charge >= 0.3 is 0 Å². The molecule has 40 heavy (non-hydrogen) atoms. The van der Waals surface area contributed by atoms with Gasteiger partial charge in [-0.1, -0.05) is 6.07 Å². The molecule has 4 rings (SSSR count). The fraction of sp³-hybridized carbons (Fsp3) is 0.370. The van der Waals surface area contributed by atoms with Crippen molar-refractivity contribution in [2.45, 2.75) is 52.1 Å². The average molecular weight is 568 g/mol. The van der Waals surface area contributed by atoms with Crippen LogP contribution in [-0.2, 0) is 14.8 Å². The lowest BCUT2D eigenvalue weighted by molar-refractivity contribution is 0.00152. The minimum Gasteiger partial charge on any atom is -0.494 e. The largest absolute Gasteiger partial charge is 0.494 e. The fourth-order valence-electron chi connectivity index (χ4n) is 4.09. The molecule has 3 heterocycles. The van der Waals surface area contributed by atoms with Gasteiger partial charge in [0.2, 0.25) is 16.0 Å². The van der Waals surface area contributed by atoms with Crippen LogP contribution in [0.15, 0.2) is 49.1 Å². The van der Waals surface area contributed by atoms with E-state index >= 15 is 0 Å². The zero-order valence-electron chi connectivity index (χ0n) is 23.5. The third-order valence-corrected chi connectivity index (χ3v) is 7.74. The van der Waals surface area contributed by atoms with Gasteiger partial charge < -0.3 is 14.2 Å². The molecule has 0 spiro atoms. The SMILES string of the molecule is COc1cccc(OC)c1-n1c(NS(=O)(=O)C(C)[C@@H](OC(C)C)c2ncc(C)cn2)nnc1-c1cncc(C)c1. The van der Waals surface area contributed by atoms with Crippen molar-refractivity contribution in [3.63, 3.8) is 0 Å². The van der Waals surface area contributed by atoms with Crippen molar-refractivity contribution in [3.8, 4) is 28.6 Å². The molecule has 0 bridgehead atoms. The number of aryl methyl sites for hydroxylation is 2. The maximum atomic E-state index is 13.9. The van der Waals surface area contributed by atoms with Gasteiger partial charge in [-0.25, -0.2) is 18.4 Å². The maximum Gasteiger partial charge on any atom is 0.243 e. The zero-order valence-corrected chi connectivity index (χ0v) is 24.3. The first-order valence-corrected chi connectivity index (χ1v) is 14.1. The fourth-order valence-corrected chi connectivity index (χ4v) is 5.17. The molecule has 0 saturated heterocycles. The van der Waals surface area contributed by atoms with Gasteiger partial charge in [-0.3, -0.25) is 14.3 Å². The number of nitrogens with zero attached hydrogens (tertiary/aromatic N) is 6. The smallest absolute Gasteiger partial charge is 0.243 e. The summed E-state index contributed by atoms with van der Waals surface area (Å²) in [6, 6.07) is 7.11. The van der Waals surface area contributed by atoms with Crippen LogP contribution >= 0.6 is 0 Å². The van der Waals surface area contributed by atoms with Crippen LogP contribution in [0.3, 0.4) is 0 Å². The molecule has 1 unspecified atom stereocenters. The molecule has 4 aromatic rings. The number of benzene rings is 1. The summed E-state index contributed by atoms with van der Waals surface area (Å²) in [5.41, 5.74) is 2.77. The Bertz CT molecular complexity index is 1550. The van der Waals surface area contributed by atoms with E-state index < -0.39 is 21.4 Å². The Labute approximate surface area is 233 Å². The van der Waals surface area contributed by atoms with Crippen molar-refractivity contribution in [1.29, 1.82) is 0 Å². The Hall–Kier alpha value is -4.10. The molecule has 0 amide bonds. The van der Waals surface area contributed by atoms with Gasteiger partial charge in [0.25, 0.3) is 0 Å². The van der Waals surface area contributed by atoms with Gasteiger partial charge in [-0.2, -0.15) is 0 Å². The number of ether oxygens (including phenoxy) is 3. The van der Waals surface area contributed by atoms with E-state index in [-0.39, 0.29) is 17.9 Å². The second-order valence-electron chi connectivity index (χ2n) is 9.52. The molecule has 3 aromatic heterocycles. The van der Waals surface area contributed by atoms with E-state index in [4.69, 9.17) is 14.2 Å². The molecule has 1 aromatic carbocycles. The Morgan fingerprint density at radius 3 is 2.12 bits per heavy atom. The summed E-state index contributed by atoms with van der Waals surface area (Å²) in [4.78, 5) is 12.9. The van der Waals surface area contributed by atoms with E-state index in [0.29, 0.717) is 28.6 Å². The lowest BCUT2D eigenvalue weighted by Crippen LogP contribution is -2.35. The first kappa shape index (κ1) is 28.9. The lowest BCUT2D eigenvalue weighted by Gasteiger charge is -2.25. The monoisotopic (exact) mass is 567 g/mol. The summed E-state index contributed by atoms with van der Waals surface area (Å²) in [7, 11) is -1.12. The van der Waals surface area contributed by atoms with Gasteiger partial charge in [0, 0.05) is 30.4 Å². The molecule has 2 atom stereocenters. The van der Waals surface area contributed by atoms with Crippen LogP contribution in [0.1, 0.15) is 43.8 Å². The van der Waals surface area contributed by atoms with Gasteiger partial charge in [0.1, 0.15) is 28.5 Å². The van der Waals surface area contributed by atoms with Crippen LogP contribution in [0.25, 0.3) is 17.1 Å². The standard InChI is InChI=1S/C27H33N7O5S/c1-16(2)39-24(25-29-13-18(4)14-30-25)19(5)40(35,36)33-27-32-31-26(20-11-17(3)12-28-15-20)34(27)23-21(37-6)9-8-10-22(23)38-7/h8-16,19,24H,1-7H3,(H,32,33)/t19?,24-/m1/s1. The van der Waals surface area contributed by atoms with Crippen LogP contribution < -0.4 is 14.2 Å². The molecule has 12 nitrogen and oxygen atoms in total. The van der Waals surface area contributed by atoms with E-state index in [2.05, 4.69) is 29.9 Å². The average Bonchev–Trinajstić information content (AvgIpc) is 3.33. The van der Waals surface area contributed by atoms with E-state index in [9.17, 15) is 8.42 Å². The van der Waals surface area contributed by atoms with Crippen LogP contribution in [-0.4, -0.2) is 63.7 Å². The number of aromatic nitrogens is 6. The minimum absolute atomic E-state index is 0.0701. The topological polar surface area (TPSA) is 143 Å². The highest BCUT2D eigenvalue weighted by atomic mass is 32.2. The molecular weight excluding hydrogens is 534 g/mol. The number of rotatable bonds is 11. The molecule has 0 aliphatic carbocycles. The van der Waals surface area contributed by atoms with Crippen molar-refractivity contribution in [3.05, 3.63) is 66.0 Å². The Morgan fingerprint density at radius 2 is 1.55 bits per heavy atom. The second-order valence-corrected chi connectivity index (χ2v) is 11.6. The summed E-state index contributed by atoms with van der Waals surface area (Å²) < 4.78 is 49.1. The number of anilines is 1. The molecule has 0 radical (unpaired) electrons. The molecule has 0 aliphatic heterocycles. The number of hydrogen-bond acceptors (Lipinski definition) is 10. The predicted octanol–water partition coefficient (Wildman–Crippen LogP) is 4.05. The Balaban J connectivity index is 1.85. The Morgan fingerprint density at radius 1 is 0.900 bits per heavy atom. The number of para-hydroxylation sites is 1. The highest BCUT2D eigenvalue weighted by Crippen LogP contribution is 2.38. The summed E-state index contributed by atoms with van der Waals surface area (Å²) in [6.45, 7) is 8.92. The van der Waals surface area contributed by atoms with E-state index in [1.54, 1.807) is 47.6 Å². The number of nitrogens with one attached hydrogen (secondary N) is 1. The van der Waals surface area contributed by atoms with Gasteiger partial charge in [-0.15, -0.1) is 10.2 Å². The summed E-state index contributed by atoms with van der Waals surface area (Å²) >= 11 is 0. The van der Waals surface area contributed by atoms with Crippen molar-refractivity contribution in [1.82, 2.24) is 29.7 Å². The van der Waals surface area contributed by atoms with E-state index in [1.165, 1.54) is 21.1 Å². The third kappa shape index (κ3) is 6.05. The predicted molar refractivity (Wildman–Crippen MR) is 150 cm³/mol. The summed E-state index contributed by atoms with van der Waals surface area (Å²) in [6.07, 6.45) is 5.35. The highest BCUT2D eigenvalue weighted by Gasteiger charge is 2.36. The zero-order chi connectivity index (χ0) is 29.0. The van der Waals surface area contributed by atoms with Gasteiger partial charge in [-0.05, 0) is 63.9 Å². The number of pyridine rings is 1. The van der Waals surface area contributed by atoms with Crippen molar-refractivity contribution < 1.29 is 22.6 Å². The molecule has 0 saturated carbocycles. The molecule has 0 fully saturated rings. The third-order valence-electron chi connectivity index (χ3n) is 6.05. The molecule has 0 aliphatic rings. The van der Waals surface area contributed by atoms with Crippen molar-refractivity contribution >= 4 is 16.0 Å². The van der Waals surface area contributed by atoms with Crippen LogP contribution in [0.4, 0.5) is 5.95 Å². The minimum atomic E-state index is -4.14. The van der Waals surface area contributed by atoms with Crippen molar-refractivity contribution in [2.75, 3.05) is 18.9 Å². The van der Waals surface area contributed by atoms with E-state index in [0.717, 1.165) is 11.1 Å². The highest BCUT2D eigenvalue weighted by molar-refractivity contribution is 7.93. The first-order valence-electron chi connectivity index (χ1n) is 12.6. The molecule has 13 heteroatoms. The number of hydrogen-bond donors (Lipinski definition) is 1. The van der Waals surface area contributed by atoms with Crippen LogP contribution in [0.5, 0.6) is 11.5 Å². The summed E-state index contributed by atoms with van der Waals surface area (Å²) in [5, 5.41) is 7.47. The summed E-state index contributed by atoms with van der Waals surface area (Å²) in [5.74, 6) is 1.37. The molecular formula is C27H33N7O5S. The number of methoxy groups -OCH3 is 2. The van der Waals surface area contributed by atoms with Gasteiger partial charge in [0.05, 0.1) is 20.3 Å². The normalized spacial score (nSPS) is 13.2. The van der Waals surface area contributed by atoms with Gasteiger partial charge in [0.15, 0.2) is 11.6 Å².